The number of hydrogen-bond acceptors (Lipinski definition) is 48. The number of nitrogen functional groups attached to an aromatic ring is 4. The molecule has 71 heteroatoms. The van der Waals surface area contributed by atoms with Crippen molar-refractivity contribution in [1.82, 2.24) is 117 Å². The number of aromatic nitrogens is 24. The monoisotopic (exact) mass is 2090 g/mol. The van der Waals surface area contributed by atoms with Gasteiger partial charge in [-0.15, -0.1) is 0 Å². The summed E-state index contributed by atoms with van der Waals surface area (Å²) in [7, 11) is 0. The number of aliphatic hydroxyl groups is 2. The maximum absolute atomic E-state index is 16.0. The first-order valence-electron chi connectivity index (χ1n) is 38.8. The van der Waals surface area contributed by atoms with Crippen molar-refractivity contribution in [3.63, 3.8) is 0 Å². The van der Waals surface area contributed by atoms with Crippen molar-refractivity contribution in [2.24, 2.45) is 0 Å². The fraction of sp³-hybridized carbons (Fsp3) is 0.516. The van der Waals surface area contributed by atoms with Gasteiger partial charge in [-0.1, -0.05) is 12.2 Å². The first-order chi connectivity index (χ1) is 63.2. The van der Waals surface area contributed by atoms with Crippen LogP contribution >= 0.6 is 52.6 Å². The quantitative estimate of drug-likeness (QED) is 0.0633. The number of aryl methyl sites for hydroxylation is 2. The predicted octanol–water partition coefficient (Wildman–Crippen LogP) is 1.27. The maximum atomic E-state index is 16.0. The van der Waals surface area contributed by atoms with E-state index in [-0.39, 0.29) is 68.1 Å². The molecule has 714 valence electrons. The summed E-state index contributed by atoms with van der Waals surface area (Å²) in [6.07, 6.45) is -21.8. The number of hydrogen-bond donors (Lipinski definition) is 13. The van der Waals surface area contributed by atoms with Crippen LogP contribution in [-0.4, -0.2) is 302 Å². The highest BCUT2D eigenvalue weighted by Crippen LogP contribution is 2.61. The standard InChI is InChI=1S/2C21H24FN9O9P2S2.C20H22F2N10O9P2S2/c2*1-8-12-18(26-4-24-8)31(6-28-12)21-14(32)16-10(38-21)3-36-41(33,43)39-15-9(2-35-42(34,44)40-16)37-20(11(15)22)30-7-29-13-17(23)25-5-27-19(13)30;21-8-12-6(38-18(8)31-4-27-10-14(23)25-3-26-15(10)31)1-36-43(35,45)41-13-7(2-37-42(34,44)40-12)39-19(9(13)22)32-5-28-11-16(32)29-20(24)30-17(11)33/h2*4-7,9-11,14-16,20-21,32H,2-3H2,1H3,(H,33,43)(H,34,44)(H2,23,25,27);3-9,12-13,18-19H,1-2H2,(H,34,44)(H,35,45)(H2,23,25,26)(H3,24,29,30,33)/t2*9-,10-,11-,14-,15-,16-,20-,21-,41?,42?;6-,7-,8-,9-,12-,13-,18-,19-,42?,43?/m111/s1. The zero-order valence-corrected chi connectivity index (χ0v) is 77.4. The highest BCUT2D eigenvalue weighted by atomic mass is 32.7. The van der Waals surface area contributed by atoms with Crippen molar-refractivity contribution in [3.05, 3.63) is 91.3 Å². The van der Waals surface area contributed by atoms with E-state index >= 15 is 17.6 Å². The summed E-state index contributed by atoms with van der Waals surface area (Å²) in [5, 5.41) is 22.5. The van der Waals surface area contributed by atoms with Gasteiger partial charge < -0.3 is 109 Å². The van der Waals surface area contributed by atoms with Gasteiger partial charge in [0.15, 0.2) is 119 Å². The van der Waals surface area contributed by atoms with Crippen LogP contribution in [0.4, 0.5) is 41.0 Å². The summed E-state index contributed by atoms with van der Waals surface area (Å²) < 4.78 is 187. The van der Waals surface area contributed by atoms with E-state index in [0.717, 1.165) is 17.2 Å². The highest BCUT2D eigenvalue weighted by molar-refractivity contribution is 8.44. The third kappa shape index (κ3) is 18.5. The molecule has 21 heterocycles. The van der Waals surface area contributed by atoms with Crippen LogP contribution in [0.3, 0.4) is 0 Å². The average molecular weight is 2090 g/mol. The molecule has 12 aromatic heterocycles. The number of alkyl halides is 4. The number of nitrogens with zero attached hydrogens (tertiary/aromatic N) is 23. The lowest BCUT2D eigenvalue weighted by Crippen LogP contribution is -2.38. The topological polar surface area (TPSA) is 710 Å². The molecular weight excluding hydrogens is 2020 g/mol. The zero-order chi connectivity index (χ0) is 93.8. The van der Waals surface area contributed by atoms with Gasteiger partial charge in [-0.05, 0) is 72.9 Å². The second-order valence-electron chi connectivity index (χ2n) is 30.2. The summed E-state index contributed by atoms with van der Waals surface area (Å²) in [4.78, 5) is 139. The molecule has 0 aliphatic carbocycles. The second kappa shape index (κ2) is 36.6. The summed E-state index contributed by atoms with van der Waals surface area (Å²) in [6.45, 7) is -25.3. The van der Waals surface area contributed by atoms with E-state index in [4.69, 9.17) is 165 Å². The number of nitrogens with two attached hydrogens (primary N) is 4. The van der Waals surface area contributed by atoms with Crippen LogP contribution in [0.1, 0.15) is 48.8 Å². The molecule has 30 atom stereocenters. The summed E-state index contributed by atoms with van der Waals surface area (Å²) >= 11 is 30.0. The van der Waals surface area contributed by atoms with Crippen LogP contribution in [-0.2, 0) is 146 Å². The van der Waals surface area contributed by atoms with E-state index in [1.165, 1.54) is 79.8 Å². The summed E-state index contributed by atoms with van der Waals surface area (Å²) in [6, 6.07) is 0. The van der Waals surface area contributed by atoms with E-state index < -0.39 is 233 Å². The van der Waals surface area contributed by atoms with Gasteiger partial charge in [0.2, 0.25) is 5.95 Å². The van der Waals surface area contributed by atoms with Crippen molar-refractivity contribution in [3.8, 4) is 0 Å². The van der Waals surface area contributed by atoms with E-state index in [9.17, 15) is 44.0 Å². The first-order valence-corrected chi connectivity index (χ1v) is 54.4. The molecule has 9 saturated heterocycles. The number of halogens is 4. The number of anilines is 4. The van der Waals surface area contributed by atoms with Gasteiger partial charge in [0.05, 0.1) is 89.0 Å². The number of fused-ring (bicyclic) bond motifs is 12. The number of aromatic amines is 1. The van der Waals surface area contributed by atoms with Gasteiger partial charge in [-0.3, -0.25) is 68.8 Å². The largest absolute Gasteiger partial charge is 0.386 e. The molecule has 12 aromatic rings. The third-order valence-electron chi connectivity index (χ3n) is 22.0. The van der Waals surface area contributed by atoms with E-state index in [0.29, 0.717) is 33.7 Å². The number of ether oxygens (including phenoxy) is 6. The zero-order valence-electron chi connectivity index (χ0n) is 67.0. The van der Waals surface area contributed by atoms with Crippen LogP contribution in [0.5, 0.6) is 0 Å². The van der Waals surface area contributed by atoms with E-state index in [1.807, 2.05) is 0 Å². The Morgan fingerprint density at radius 2 is 0.609 bits per heavy atom. The minimum absolute atomic E-state index is 0.0482. The SMILES string of the molecule is Cc1ncnc2c1ncn2[C@@H]1O[C@@H]2COP(O)(=S)O[C@H]3[C@@H](F)[C@H](n4cnc5c(N)ncnc54)O[C@@H]3COP(=O)(S)O[C@H]2[C@H]1O.Cc1ncnc2c1ncn2[C@@H]1O[C@@H]2COP(O)(=S)O[C@H]3[C@@H](F)[C@H](n4cnc5c(N)ncnc54)O[C@@H]3COP(O)(=S)O[C@H]2[C@H]1O.Nc1nc2c(ncn2[C@@H]2O[C@@H]3COP(O)(=S)O[C@H]4[C@@H](F)[C@H](n5cnc6c(N)ncnc65)O[C@@H]4COP(O)(=S)O[C@H]3[C@H]2F)c(=O)[nH]1. The molecule has 0 spiro atoms. The molecule has 0 radical (unpaired) electrons. The third-order valence-corrected chi connectivity index (χ3v) is 31.4. The van der Waals surface area contributed by atoms with Gasteiger partial charge >= 0.3 is 40.4 Å². The molecule has 0 saturated carbocycles. The Labute approximate surface area is 769 Å². The van der Waals surface area contributed by atoms with Gasteiger partial charge in [0, 0.05) is 0 Å². The molecule has 0 bridgehead atoms. The summed E-state index contributed by atoms with van der Waals surface area (Å²) in [5.41, 5.74) is 26.2. The minimum atomic E-state index is -4.29. The molecule has 133 heavy (non-hydrogen) atoms. The van der Waals surface area contributed by atoms with Crippen LogP contribution < -0.4 is 28.5 Å². The molecule has 6 unspecified atom stereocenters. The highest BCUT2D eigenvalue weighted by Gasteiger charge is 2.59. The Bertz CT molecular complexity index is 6360. The Morgan fingerprint density at radius 1 is 0.361 bits per heavy atom. The van der Waals surface area contributed by atoms with Crippen molar-refractivity contribution >= 4 is 202 Å². The smallest absolute Gasteiger partial charge is 0.386 e. The van der Waals surface area contributed by atoms with Crippen LogP contribution in [0.2, 0.25) is 0 Å². The molecule has 9 fully saturated rings. The molecule has 0 aromatic carbocycles. The number of rotatable bonds is 6. The first kappa shape index (κ1) is 94.8. The molecule has 55 nitrogen and oxygen atoms in total. The summed E-state index contributed by atoms with van der Waals surface area (Å²) in [5.74, 6) is -0.0622. The Balaban J connectivity index is 0.000000129. The lowest BCUT2D eigenvalue weighted by molar-refractivity contribution is -0.0589. The minimum Gasteiger partial charge on any atom is -0.386 e. The second-order valence-corrected chi connectivity index (χ2v) is 47.1. The number of imidazole rings is 6. The number of aliphatic hydroxyl groups excluding tert-OH is 2. The molecule has 9 aliphatic rings. The Kier molecular flexibility index (Phi) is 26.1. The molecule has 9 aliphatic heterocycles. The van der Waals surface area contributed by atoms with Gasteiger partial charge in [-0.25, -0.2) is 102 Å². The van der Waals surface area contributed by atoms with E-state index in [2.05, 4.69) is 102 Å². The lowest BCUT2D eigenvalue weighted by atomic mass is 10.1. The Hall–Kier alpha value is -7.15. The Morgan fingerprint density at radius 3 is 0.940 bits per heavy atom. The van der Waals surface area contributed by atoms with Gasteiger partial charge in [0.25, 0.3) is 5.56 Å². The van der Waals surface area contributed by atoms with Crippen molar-refractivity contribution < 1.29 is 140 Å². The van der Waals surface area contributed by atoms with Crippen molar-refractivity contribution in [2.45, 2.75) is 161 Å². The van der Waals surface area contributed by atoms with Crippen molar-refractivity contribution in [2.75, 3.05) is 62.6 Å². The predicted molar refractivity (Wildman–Crippen MR) is 461 cm³/mol. The average Bonchev–Trinajstić information content (AvgIpc) is 1.64. The van der Waals surface area contributed by atoms with Crippen LogP contribution in [0.15, 0.2) is 74.4 Å². The maximum Gasteiger partial charge on any atom is 0.386 e. The van der Waals surface area contributed by atoms with Crippen LogP contribution in [0.25, 0.3) is 67.0 Å². The fourth-order valence-electron chi connectivity index (χ4n) is 15.9. The van der Waals surface area contributed by atoms with Gasteiger partial charge in [0.1, 0.15) is 145 Å². The van der Waals surface area contributed by atoms with Crippen LogP contribution in [0, 0.1) is 13.8 Å². The van der Waals surface area contributed by atoms with Crippen molar-refractivity contribution in [1.29, 1.82) is 0 Å². The lowest BCUT2D eigenvalue weighted by Gasteiger charge is -2.30. The molecule has 0 amide bonds. The van der Waals surface area contributed by atoms with E-state index in [1.54, 1.807) is 13.8 Å². The van der Waals surface area contributed by atoms with Gasteiger partial charge in [-0.2, -0.15) is 4.98 Å². The number of H-pyrrole nitrogens is 1. The molecule has 21 rings (SSSR count). The normalized spacial score (nSPS) is 38.1. The number of thiol groups is 1. The number of nitrogens with one attached hydrogen (secondary N) is 1. The molecule has 16 N–H and O–H groups in total. The molecular formula is C62H70F4N28O27P6S6. The fourth-order valence-corrected chi connectivity index (χ4v) is 24.5.